The van der Waals surface area contributed by atoms with Crippen molar-refractivity contribution in [3.63, 3.8) is 0 Å². The van der Waals surface area contributed by atoms with Crippen LogP contribution in [0.3, 0.4) is 0 Å². The maximum atomic E-state index is 11.1. The van der Waals surface area contributed by atoms with Gasteiger partial charge in [-0.3, -0.25) is 0 Å². The summed E-state index contributed by atoms with van der Waals surface area (Å²) in [4.78, 5) is 13.6. The molecule has 0 saturated heterocycles. The first kappa shape index (κ1) is 17.1. The molecular weight excluding hydrogens is 360 g/mol. The van der Waals surface area contributed by atoms with E-state index in [1.165, 1.54) is 30.6 Å². The minimum atomic E-state index is -0.492. The van der Waals surface area contributed by atoms with E-state index in [9.17, 15) is 4.79 Å². The molecule has 0 spiro atoms. The first-order valence-corrected chi connectivity index (χ1v) is 10.2. The number of amides is 2. The van der Waals surface area contributed by atoms with E-state index >= 15 is 0 Å². The zero-order valence-corrected chi connectivity index (χ0v) is 16.3. The molecule has 4 aromatic rings. The number of carbonyl (C=O) groups is 1. The van der Waals surface area contributed by atoms with E-state index in [4.69, 9.17) is 5.73 Å². The van der Waals surface area contributed by atoms with Crippen LogP contribution in [0.2, 0.25) is 0 Å². The molecule has 0 bridgehead atoms. The van der Waals surface area contributed by atoms with E-state index in [0.717, 1.165) is 4.88 Å². The summed E-state index contributed by atoms with van der Waals surface area (Å²) in [6.45, 7) is 4.21. The van der Waals surface area contributed by atoms with Gasteiger partial charge >= 0.3 is 6.03 Å². The van der Waals surface area contributed by atoms with Gasteiger partial charge in [-0.2, -0.15) is 0 Å². The molecule has 0 radical (unpaired) electrons. The molecule has 132 valence electrons. The lowest BCUT2D eigenvalue weighted by Crippen LogP contribution is -2.31. The Kier molecular flexibility index (Phi) is 4.42. The maximum absolute atomic E-state index is 11.1. The standard InChI is InChI=1S/C21H20N2OS2/c1-12(19-10-15-5-3-4-6-17(15)25-19)14-7-8-18-16(9-14)11-20(26-18)13(2)23-21(22)24/h3-13H,1-2H3,(H3,22,23,24). The van der Waals surface area contributed by atoms with Crippen LogP contribution in [0.15, 0.2) is 54.6 Å². The number of rotatable bonds is 4. The summed E-state index contributed by atoms with van der Waals surface area (Å²) in [6.07, 6.45) is 0. The van der Waals surface area contributed by atoms with Crippen molar-refractivity contribution in [2.45, 2.75) is 25.8 Å². The number of urea groups is 1. The summed E-state index contributed by atoms with van der Waals surface area (Å²) >= 11 is 3.56. The fraction of sp³-hybridized carbons (Fsp3) is 0.190. The van der Waals surface area contributed by atoms with Crippen LogP contribution in [0.25, 0.3) is 20.2 Å². The number of hydrogen-bond acceptors (Lipinski definition) is 3. The lowest BCUT2D eigenvalue weighted by Gasteiger charge is -2.09. The van der Waals surface area contributed by atoms with Gasteiger partial charge < -0.3 is 11.1 Å². The van der Waals surface area contributed by atoms with Crippen LogP contribution in [-0.2, 0) is 0 Å². The van der Waals surface area contributed by atoms with Gasteiger partial charge in [0.05, 0.1) is 6.04 Å². The zero-order valence-electron chi connectivity index (χ0n) is 14.7. The summed E-state index contributed by atoms with van der Waals surface area (Å²) in [5.74, 6) is 0.348. The van der Waals surface area contributed by atoms with E-state index in [2.05, 4.69) is 66.8 Å². The topological polar surface area (TPSA) is 55.1 Å². The third kappa shape index (κ3) is 3.20. The van der Waals surface area contributed by atoms with E-state index in [0.29, 0.717) is 5.92 Å². The molecule has 2 heterocycles. The molecule has 0 fully saturated rings. The van der Waals surface area contributed by atoms with Gasteiger partial charge in [0.2, 0.25) is 0 Å². The molecular formula is C21H20N2OS2. The minimum absolute atomic E-state index is 0.0756. The Morgan fingerprint density at radius 2 is 1.62 bits per heavy atom. The highest BCUT2D eigenvalue weighted by atomic mass is 32.1. The summed E-state index contributed by atoms with van der Waals surface area (Å²) in [7, 11) is 0. The molecule has 0 aliphatic carbocycles. The van der Waals surface area contributed by atoms with Crippen molar-refractivity contribution in [1.82, 2.24) is 5.32 Å². The third-order valence-electron chi connectivity index (χ3n) is 4.72. The number of nitrogens with one attached hydrogen (secondary N) is 1. The smallest absolute Gasteiger partial charge is 0.312 e. The number of nitrogens with two attached hydrogens (primary N) is 1. The second-order valence-electron chi connectivity index (χ2n) is 6.58. The largest absolute Gasteiger partial charge is 0.352 e. The second-order valence-corrected chi connectivity index (χ2v) is 8.82. The summed E-state index contributed by atoms with van der Waals surface area (Å²) in [6, 6.07) is 19.1. The number of primary amides is 1. The van der Waals surface area contributed by atoms with Crippen molar-refractivity contribution in [2.24, 2.45) is 5.73 Å². The Bertz CT molecular complexity index is 1060. The third-order valence-corrected chi connectivity index (χ3v) is 7.31. The number of carbonyl (C=O) groups excluding carboxylic acids is 1. The van der Waals surface area contributed by atoms with Gasteiger partial charge in [0.1, 0.15) is 0 Å². The molecule has 0 aliphatic rings. The van der Waals surface area contributed by atoms with Crippen molar-refractivity contribution >= 4 is 48.9 Å². The number of thiophene rings is 2. The summed E-state index contributed by atoms with van der Waals surface area (Å²) < 4.78 is 2.56. The lowest BCUT2D eigenvalue weighted by atomic mass is 9.98. The second kappa shape index (κ2) is 6.74. The van der Waals surface area contributed by atoms with Crippen LogP contribution in [0.4, 0.5) is 4.79 Å². The van der Waals surface area contributed by atoms with Gasteiger partial charge in [-0.15, -0.1) is 22.7 Å². The van der Waals surface area contributed by atoms with Gasteiger partial charge in [-0.05, 0) is 53.6 Å². The average molecular weight is 381 g/mol. The van der Waals surface area contributed by atoms with Crippen molar-refractivity contribution < 1.29 is 4.79 Å². The van der Waals surface area contributed by atoms with Gasteiger partial charge in [0.25, 0.3) is 0 Å². The lowest BCUT2D eigenvalue weighted by molar-refractivity contribution is 0.246. The van der Waals surface area contributed by atoms with E-state index in [-0.39, 0.29) is 6.04 Å². The predicted octanol–water partition coefficient (Wildman–Crippen LogP) is 6.00. The number of fused-ring (bicyclic) bond motifs is 2. The molecule has 2 atom stereocenters. The molecule has 5 heteroatoms. The summed E-state index contributed by atoms with van der Waals surface area (Å²) in [5, 5.41) is 5.28. The molecule has 26 heavy (non-hydrogen) atoms. The molecule has 2 aromatic carbocycles. The highest BCUT2D eigenvalue weighted by molar-refractivity contribution is 7.19. The Balaban J connectivity index is 1.66. The van der Waals surface area contributed by atoms with Crippen LogP contribution < -0.4 is 11.1 Å². The van der Waals surface area contributed by atoms with E-state index in [1.807, 2.05) is 18.3 Å². The van der Waals surface area contributed by atoms with Crippen LogP contribution in [0.1, 0.15) is 41.1 Å². The molecule has 2 unspecified atom stereocenters. The Hall–Kier alpha value is -2.37. The first-order chi connectivity index (χ1) is 12.5. The van der Waals surface area contributed by atoms with Crippen molar-refractivity contribution in [3.05, 3.63) is 69.9 Å². The van der Waals surface area contributed by atoms with Gasteiger partial charge in [-0.25, -0.2) is 4.79 Å². The van der Waals surface area contributed by atoms with Crippen molar-refractivity contribution in [3.8, 4) is 0 Å². The molecule has 2 amide bonds. The predicted molar refractivity (Wildman–Crippen MR) is 112 cm³/mol. The molecule has 0 aliphatic heterocycles. The maximum Gasteiger partial charge on any atom is 0.312 e. The fourth-order valence-electron chi connectivity index (χ4n) is 3.23. The zero-order chi connectivity index (χ0) is 18.3. The highest BCUT2D eigenvalue weighted by Gasteiger charge is 2.15. The van der Waals surface area contributed by atoms with Crippen LogP contribution in [-0.4, -0.2) is 6.03 Å². The Morgan fingerprint density at radius 1 is 0.923 bits per heavy atom. The first-order valence-electron chi connectivity index (χ1n) is 8.59. The Labute approximate surface area is 160 Å². The molecule has 3 nitrogen and oxygen atoms in total. The quantitative estimate of drug-likeness (QED) is 0.448. The molecule has 3 N–H and O–H groups in total. The van der Waals surface area contributed by atoms with Gasteiger partial charge in [-0.1, -0.05) is 31.2 Å². The monoisotopic (exact) mass is 380 g/mol. The number of benzene rings is 2. The van der Waals surface area contributed by atoms with Crippen molar-refractivity contribution in [2.75, 3.05) is 0 Å². The SMILES string of the molecule is CC(NC(N)=O)c1cc2cc(C(C)c3cc4ccccc4s3)ccc2s1. The molecule has 4 rings (SSSR count). The van der Waals surface area contributed by atoms with E-state index < -0.39 is 6.03 Å². The van der Waals surface area contributed by atoms with E-state index in [1.54, 1.807) is 11.3 Å². The van der Waals surface area contributed by atoms with Crippen molar-refractivity contribution in [1.29, 1.82) is 0 Å². The highest BCUT2D eigenvalue weighted by Crippen LogP contribution is 2.37. The van der Waals surface area contributed by atoms with Crippen LogP contribution in [0, 0.1) is 0 Å². The summed E-state index contributed by atoms with van der Waals surface area (Å²) in [5.41, 5.74) is 6.55. The molecule has 2 aromatic heterocycles. The van der Waals surface area contributed by atoms with Crippen LogP contribution >= 0.6 is 22.7 Å². The average Bonchev–Trinajstić information content (AvgIpc) is 3.23. The van der Waals surface area contributed by atoms with Gasteiger partial charge in [0.15, 0.2) is 0 Å². The Morgan fingerprint density at radius 3 is 2.38 bits per heavy atom. The van der Waals surface area contributed by atoms with Crippen LogP contribution in [0.5, 0.6) is 0 Å². The number of hydrogen-bond donors (Lipinski definition) is 2. The fourth-order valence-corrected chi connectivity index (χ4v) is 5.42. The normalized spacial score (nSPS) is 13.8. The van der Waals surface area contributed by atoms with Gasteiger partial charge in [0, 0.05) is 25.1 Å². The molecule has 0 saturated carbocycles. The minimum Gasteiger partial charge on any atom is -0.352 e.